The molecule has 0 saturated carbocycles. The fraction of sp³-hybridized carbons (Fsp3) is 0.533. The van der Waals surface area contributed by atoms with Gasteiger partial charge in [-0.2, -0.15) is 4.31 Å². The van der Waals surface area contributed by atoms with Gasteiger partial charge in [-0.1, -0.05) is 0 Å². The van der Waals surface area contributed by atoms with Gasteiger partial charge in [-0.3, -0.25) is 4.79 Å². The van der Waals surface area contributed by atoms with Crippen LogP contribution in [0, 0.1) is 13.8 Å². The molecule has 0 bridgehead atoms. The van der Waals surface area contributed by atoms with Crippen molar-refractivity contribution in [2.24, 2.45) is 0 Å². The van der Waals surface area contributed by atoms with E-state index in [1.54, 1.807) is 13.8 Å². The smallest absolute Gasteiger partial charge is 0.322 e. The Labute approximate surface area is 130 Å². The lowest BCUT2D eigenvalue weighted by molar-refractivity contribution is -0.142. The predicted octanol–water partition coefficient (Wildman–Crippen LogP) is 1.94. The van der Waals surface area contributed by atoms with Gasteiger partial charge in [-0.05, 0) is 56.4 Å². The van der Waals surface area contributed by atoms with Gasteiger partial charge in [0.15, 0.2) is 0 Å². The average Bonchev–Trinajstić information content (AvgIpc) is 2.46. The van der Waals surface area contributed by atoms with Gasteiger partial charge in [0.05, 0.1) is 12.0 Å². The molecule has 0 spiro atoms. The summed E-state index contributed by atoms with van der Waals surface area (Å²) in [6.07, 6.45) is 1.75. The lowest BCUT2D eigenvalue weighted by atomic mass is 10.1. The number of piperidine rings is 1. The zero-order valence-electron chi connectivity index (χ0n) is 13.0. The molecule has 1 atom stereocenters. The summed E-state index contributed by atoms with van der Waals surface area (Å²) in [7, 11) is -2.29. The molecule has 1 aliphatic rings. The second kappa shape index (κ2) is 6.26. The number of aryl methyl sites for hydroxylation is 2. The summed E-state index contributed by atoms with van der Waals surface area (Å²) < 4.78 is 32.0. The predicted molar refractivity (Wildman–Crippen MR) is 81.6 cm³/mol. The van der Waals surface area contributed by atoms with E-state index in [9.17, 15) is 18.3 Å². The van der Waals surface area contributed by atoms with E-state index in [2.05, 4.69) is 0 Å². The first-order chi connectivity index (χ1) is 10.3. The van der Waals surface area contributed by atoms with Gasteiger partial charge in [0.2, 0.25) is 10.0 Å². The maximum absolute atomic E-state index is 12.8. The molecule has 6 nitrogen and oxygen atoms in total. The standard InChI is InChI=1S/C15H21NO5S/c1-10-8-12(9-11(2)14(10)21-3)22(19,20)16-7-5-4-6-13(16)15(17)18/h8-9,13H,4-7H2,1-3H3,(H,17,18). The number of aliphatic carboxylic acids is 1. The third-order valence-corrected chi connectivity index (χ3v) is 5.87. The summed E-state index contributed by atoms with van der Waals surface area (Å²) in [6.45, 7) is 3.79. The molecule has 0 radical (unpaired) electrons. The van der Waals surface area contributed by atoms with Crippen molar-refractivity contribution in [2.45, 2.75) is 44.0 Å². The molecule has 1 unspecified atom stereocenters. The first kappa shape index (κ1) is 16.8. The van der Waals surface area contributed by atoms with Gasteiger partial charge >= 0.3 is 5.97 Å². The molecule has 1 aromatic carbocycles. The quantitative estimate of drug-likeness (QED) is 0.913. The largest absolute Gasteiger partial charge is 0.496 e. The molecule has 1 saturated heterocycles. The topological polar surface area (TPSA) is 83.9 Å². The van der Waals surface area contributed by atoms with E-state index < -0.39 is 22.0 Å². The summed E-state index contributed by atoms with van der Waals surface area (Å²) in [6, 6.07) is 2.09. The van der Waals surface area contributed by atoms with Crippen LogP contribution in [0.3, 0.4) is 0 Å². The molecule has 1 N–H and O–H groups in total. The Morgan fingerprint density at radius 2 is 1.86 bits per heavy atom. The van der Waals surface area contributed by atoms with E-state index in [-0.39, 0.29) is 11.4 Å². The van der Waals surface area contributed by atoms with Crippen molar-refractivity contribution in [2.75, 3.05) is 13.7 Å². The second-order valence-electron chi connectivity index (χ2n) is 5.56. The number of nitrogens with zero attached hydrogens (tertiary/aromatic N) is 1. The maximum atomic E-state index is 12.8. The Kier molecular flexibility index (Phi) is 4.77. The molecular formula is C15H21NO5S. The Hall–Kier alpha value is -1.60. The summed E-state index contributed by atoms with van der Waals surface area (Å²) >= 11 is 0. The van der Waals surface area contributed by atoms with Crippen LogP contribution >= 0.6 is 0 Å². The number of sulfonamides is 1. The van der Waals surface area contributed by atoms with Crippen LogP contribution in [0.1, 0.15) is 30.4 Å². The number of carbonyl (C=O) groups is 1. The molecule has 0 aliphatic carbocycles. The lowest BCUT2D eigenvalue weighted by Crippen LogP contribution is -2.47. The number of carboxylic acids is 1. The highest BCUT2D eigenvalue weighted by atomic mass is 32.2. The molecule has 1 aliphatic heterocycles. The van der Waals surface area contributed by atoms with Gasteiger partial charge in [0, 0.05) is 6.54 Å². The molecule has 1 heterocycles. The fourth-order valence-corrected chi connectivity index (χ4v) is 4.78. The third kappa shape index (κ3) is 2.96. The first-order valence-corrected chi connectivity index (χ1v) is 8.63. The Balaban J connectivity index is 2.47. The van der Waals surface area contributed by atoms with Crippen LogP contribution in [0.5, 0.6) is 5.75 Å². The van der Waals surface area contributed by atoms with Crippen LogP contribution in [-0.2, 0) is 14.8 Å². The van der Waals surface area contributed by atoms with Gasteiger partial charge in [0.1, 0.15) is 11.8 Å². The van der Waals surface area contributed by atoms with E-state index in [1.165, 1.54) is 19.2 Å². The number of ether oxygens (including phenoxy) is 1. The van der Waals surface area contributed by atoms with E-state index >= 15 is 0 Å². The highest BCUT2D eigenvalue weighted by Gasteiger charge is 2.37. The van der Waals surface area contributed by atoms with Crippen molar-refractivity contribution < 1.29 is 23.1 Å². The van der Waals surface area contributed by atoms with E-state index in [1.807, 2.05) is 0 Å². The van der Waals surface area contributed by atoms with E-state index in [0.717, 1.165) is 10.7 Å². The van der Waals surface area contributed by atoms with Gasteiger partial charge in [-0.15, -0.1) is 0 Å². The molecule has 122 valence electrons. The van der Waals surface area contributed by atoms with Crippen molar-refractivity contribution in [1.29, 1.82) is 0 Å². The van der Waals surface area contributed by atoms with E-state index in [0.29, 0.717) is 29.7 Å². The molecule has 0 aromatic heterocycles. The summed E-state index contributed by atoms with van der Waals surface area (Å²) in [5.41, 5.74) is 1.43. The van der Waals surface area contributed by atoms with Crippen LogP contribution in [-0.4, -0.2) is 43.5 Å². The highest BCUT2D eigenvalue weighted by Crippen LogP contribution is 2.30. The number of carboxylic acid groups (broad SMARTS) is 1. The minimum Gasteiger partial charge on any atom is -0.496 e. The second-order valence-corrected chi connectivity index (χ2v) is 7.45. The third-order valence-electron chi connectivity index (χ3n) is 3.98. The summed E-state index contributed by atoms with van der Waals surface area (Å²) in [4.78, 5) is 11.5. The maximum Gasteiger partial charge on any atom is 0.322 e. The van der Waals surface area contributed by atoms with Crippen LogP contribution in [0.2, 0.25) is 0 Å². The van der Waals surface area contributed by atoms with Crippen molar-refractivity contribution >= 4 is 16.0 Å². The monoisotopic (exact) mass is 327 g/mol. The molecule has 7 heteroatoms. The van der Waals surface area contributed by atoms with Crippen LogP contribution in [0.15, 0.2) is 17.0 Å². The fourth-order valence-electron chi connectivity index (χ4n) is 2.96. The number of rotatable bonds is 4. The molecular weight excluding hydrogens is 306 g/mol. The van der Waals surface area contributed by atoms with Crippen molar-refractivity contribution in [3.8, 4) is 5.75 Å². The zero-order valence-corrected chi connectivity index (χ0v) is 13.8. The molecule has 1 fully saturated rings. The van der Waals surface area contributed by atoms with Crippen LogP contribution in [0.25, 0.3) is 0 Å². The number of hydrogen-bond donors (Lipinski definition) is 1. The van der Waals surface area contributed by atoms with Gasteiger partial charge < -0.3 is 9.84 Å². The van der Waals surface area contributed by atoms with Crippen molar-refractivity contribution in [1.82, 2.24) is 4.31 Å². The average molecular weight is 327 g/mol. The molecule has 22 heavy (non-hydrogen) atoms. The Bertz CT molecular complexity index is 660. The number of methoxy groups -OCH3 is 1. The van der Waals surface area contributed by atoms with Crippen molar-refractivity contribution in [3.05, 3.63) is 23.3 Å². The minimum atomic E-state index is -3.83. The van der Waals surface area contributed by atoms with Crippen LogP contribution in [0.4, 0.5) is 0 Å². The zero-order chi connectivity index (χ0) is 16.5. The van der Waals surface area contributed by atoms with Gasteiger partial charge in [0.25, 0.3) is 0 Å². The molecule has 2 rings (SSSR count). The Morgan fingerprint density at radius 1 is 1.27 bits per heavy atom. The SMILES string of the molecule is COc1c(C)cc(S(=O)(=O)N2CCCCC2C(=O)O)cc1C. The number of benzene rings is 1. The first-order valence-electron chi connectivity index (χ1n) is 7.19. The molecule has 1 aromatic rings. The lowest BCUT2D eigenvalue weighted by Gasteiger charge is -2.32. The highest BCUT2D eigenvalue weighted by molar-refractivity contribution is 7.89. The molecule has 0 amide bonds. The Morgan fingerprint density at radius 3 is 2.36 bits per heavy atom. The van der Waals surface area contributed by atoms with Gasteiger partial charge in [-0.25, -0.2) is 8.42 Å². The summed E-state index contributed by atoms with van der Waals surface area (Å²) in [5.74, 6) is -0.447. The number of hydrogen-bond acceptors (Lipinski definition) is 4. The minimum absolute atomic E-state index is 0.122. The normalized spacial score (nSPS) is 19.9. The van der Waals surface area contributed by atoms with Crippen molar-refractivity contribution in [3.63, 3.8) is 0 Å². The van der Waals surface area contributed by atoms with E-state index in [4.69, 9.17) is 4.74 Å². The summed E-state index contributed by atoms with van der Waals surface area (Å²) in [5, 5.41) is 9.28. The van der Waals surface area contributed by atoms with Crippen LogP contribution < -0.4 is 4.74 Å².